The third-order valence-electron chi connectivity index (χ3n) is 5.65. The Bertz CT molecular complexity index is 893. The highest BCUT2D eigenvalue weighted by molar-refractivity contribution is 14.1. The zero-order valence-electron chi connectivity index (χ0n) is 21.4. The van der Waals surface area contributed by atoms with Crippen LogP contribution in [-0.2, 0) is 35.0 Å². The number of hydrogen-bond acceptors (Lipinski definition) is 7. The maximum Gasteiger partial charge on any atom is 0.408 e. The number of ether oxygens (including phenoxy) is 3. The van der Waals surface area contributed by atoms with Crippen molar-refractivity contribution in [2.24, 2.45) is 0 Å². The first kappa shape index (κ1) is 29.9. The second-order valence-corrected chi connectivity index (χ2v) is 11.1. The van der Waals surface area contributed by atoms with E-state index in [0.717, 1.165) is 41.2 Å². The van der Waals surface area contributed by atoms with E-state index in [9.17, 15) is 19.2 Å². The van der Waals surface area contributed by atoms with Crippen molar-refractivity contribution >= 4 is 46.5 Å². The molecule has 2 amide bonds. The molecule has 0 unspecified atom stereocenters. The van der Waals surface area contributed by atoms with Crippen molar-refractivity contribution in [3.05, 3.63) is 33.4 Å². The molecule has 1 saturated carbocycles. The second-order valence-electron chi connectivity index (χ2n) is 9.90. The Morgan fingerprint density at radius 1 is 1.00 bits per heavy atom. The highest BCUT2D eigenvalue weighted by atomic mass is 127. The molecular weight excluding hydrogens is 579 g/mol. The van der Waals surface area contributed by atoms with Gasteiger partial charge in [0.25, 0.3) is 0 Å². The Morgan fingerprint density at radius 3 is 2.22 bits per heavy atom. The summed E-state index contributed by atoms with van der Waals surface area (Å²) in [6.07, 6.45) is 4.22. The summed E-state index contributed by atoms with van der Waals surface area (Å²) < 4.78 is 16.7. The minimum Gasteiger partial charge on any atom is -0.467 e. The highest BCUT2D eigenvalue weighted by Crippen LogP contribution is 2.21. The number of esters is 2. The first-order valence-electron chi connectivity index (χ1n) is 12.3. The van der Waals surface area contributed by atoms with E-state index in [1.165, 1.54) is 7.11 Å². The van der Waals surface area contributed by atoms with Crippen LogP contribution in [0.15, 0.2) is 24.3 Å². The van der Waals surface area contributed by atoms with Crippen LogP contribution in [0.1, 0.15) is 71.3 Å². The first-order valence-corrected chi connectivity index (χ1v) is 13.4. The third kappa shape index (κ3) is 11.1. The molecule has 10 heteroatoms. The van der Waals surface area contributed by atoms with Crippen LogP contribution < -0.4 is 10.6 Å². The van der Waals surface area contributed by atoms with E-state index >= 15 is 0 Å². The number of carbonyl (C=O) groups is 4. The van der Waals surface area contributed by atoms with E-state index in [-0.39, 0.29) is 25.4 Å². The molecule has 0 aliphatic heterocycles. The van der Waals surface area contributed by atoms with Gasteiger partial charge in [-0.15, -0.1) is 0 Å². The number of methoxy groups -OCH3 is 1. The Kier molecular flexibility index (Phi) is 11.9. The van der Waals surface area contributed by atoms with Gasteiger partial charge in [0.05, 0.1) is 7.11 Å². The van der Waals surface area contributed by atoms with Gasteiger partial charge in [-0.05, 0) is 93.2 Å². The molecule has 1 aromatic carbocycles. The lowest BCUT2D eigenvalue weighted by Gasteiger charge is -2.25. The fourth-order valence-electron chi connectivity index (χ4n) is 3.87. The minimum absolute atomic E-state index is 0.0205. The maximum atomic E-state index is 13.2. The van der Waals surface area contributed by atoms with E-state index in [1.807, 2.05) is 24.3 Å². The Labute approximate surface area is 226 Å². The van der Waals surface area contributed by atoms with E-state index < -0.39 is 41.6 Å². The summed E-state index contributed by atoms with van der Waals surface area (Å²) in [5, 5.41) is 5.23. The van der Waals surface area contributed by atoms with E-state index in [4.69, 9.17) is 14.2 Å². The van der Waals surface area contributed by atoms with Crippen LogP contribution in [-0.4, -0.2) is 54.8 Å². The predicted octanol–water partition coefficient (Wildman–Crippen LogP) is 4.04. The first-order chi connectivity index (χ1) is 17.0. The van der Waals surface area contributed by atoms with Crippen LogP contribution in [0.2, 0.25) is 0 Å². The van der Waals surface area contributed by atoms with Crippen molar-refractivity contribution in [3.63, 3.8) is 0 Å². The molecule has 0 saturated heterocycles. The van der Waals surface area contributed by atoms with Crippen LogP contribution in [0.3, 0.4) is 0 Å². The fraction of sp³-hybridized carbons (Fsp3) is 0.615. The van der Waals surface area contributed by atoms with Gasteiger partial charge in [-0.2, -0.15) is 0 Å². The molecule has 1 fully saturated rings. The number of benzene rings is 1. The van der Waals surface area contributed by atoms with Crippen LogP contribution >= 0.6 is 22.6 Å². The standard InChI is InChI=1S/C26H37IN2O7/c1-26(2,3)36-25(33)29-21(16-17-10-12-18(27)13-11-17)23(31)28-20(24(32)34-4)14-15-22(30)35-19-8-6-5-7-9-19/h10-13,19-21H,5-9,14-16H2,1-4H3,(H,28,31)(H,29,33)/t20-,21+/m1/s1. The summed E-state index contributed by atoms with van der Waals surface area (Å²) >= 11 is 2.18. The SMILES string of the molecule is COC(=O)[C@@H](CCC(=O)OC1CCCCC1)NC(=O)[C@H](Cc1ccc(I)cc1)NC(=O)OC(C)(C)C. The highest BCUT2D eigenvalue weighted by Gasteiger charge is 2.30. The predicted molar refractivity (Wildman–Crippen MR) is 142 cm³/mol. The van der Waals surface area contributed by atoms with E-state index in [0.29, 0.717) is 0 Å². The number of carbonyl (C=O) groups excluding carboxylic acids is 4. The van der Waals surface area contributed by atoms with Crippen molar-refractivity contribution in [1.82, 2.24) is 10.6 Å². The smallest absolute Gasteiger partial charge is 0.408 e. The van der Waals surface area contributed by atoms with E-state index in [2.05, 4.69) is 33.2 Å². The molecule has 1 aliphatic rings. The van der Waals surface area contributed by atoms with Crippen molar-refractivity contribution in [2.75, 3.05) is 7.11 Å². The van der Waals surface area contributed by atoms with Crippen LogP contribution in [0, 0.1) is 3.57 Å². The van der Waals surface area contributed by atoms with Gasteiger partial charge < -0.3 is 24.8 Å². The molecule has 0 radical (unpaired) electrons. The normalized spacial score (nSPS) is 15.8. The van der Waals surface area contributed by atoms with Gasteiger partial charge >= 0.3 is 18.0 Å². The van der Waals surface area contributed by atoms with Gasteiger partial charge in [0.1, 0.15) is 23.8 Å². The number of rotatable bonds is 10. The number of nitrogens with one attached hydrogen (secondary N) is 2. The molecule has 2 rings (SSSR count). The minimum atomic E-state index is -1.07. The average Bonchev–Trinajstić information content (AvgIpc) is 2.81. The Morgan fingerprint density at radius 2 is 1.64 bits per heavy atom. The zero-order valence-corrected chi connectivity index (χ0v) is 23.6. The Hall–Kier alpha value is -2.37. The summed E-state index contributed by atoms with van der Waals surface area (Å²) in [7, 11) is 1.21. The molecule has 36 heavy (non-hydrogen) atoms. The van der Waals surface area contributed by atoms with Gasteiger partial charge in [-0.25, -0.2) is 9.59 Å². The van der Waals surface area contributed by atoms with Crippen molar-refractivity contribution < 1.29 is 33.4 Å². The molecule has 200 valence electrons. The summed E-state index contributed by atoms with van der Waals surface area (Å²) in [4.78, 5) is 50.3. The van der Waals surface area contributed by atoms with Crippen molar-refractivity contribution in [3.8, 4) is 0 Å². The molecule has 9 nitrogen and oxygen atoms in total. The molecule has 0 bridgehead atoms. The summed E-state index contributed by atoms with van der Waals surface area (Å²) in [6.45, 7) is 5.17. The van der Waals surface area contributed by atoms with Crippen molar-refractivity contribution in [1.29, 1.82) is 0 Å². The van der Waals surface area contributed by atoms with Crippen molar-refractivity contribution in [2.45, 2.75) is 95.9 Å². The average molecular weight is 616 g/mol. The third-order valence-corrected chi connectivity index (χ3v) is 6.37. The number of hydrogen-bond donors (Lipinski definition) is 2. The molecule has 0 aromatic heterocycles. The summed E-state index contributed by atoms with van der Waals surface area (Å²) in [5.74, 6) is -1.68. The molecule has 0 heterocycles. The molecule has 2 atom stereocenters. The van der Waals surface area contributed by atoms with Gasteiger partial charge in [0.2, 0.25) is 5.91 Å². The number of alkyl carbamates (subject to hydrolysis) is 1. The lowest BCUT2D eigenvalue weighted by Crippen LogP contribution is -2.53. The van der Waals surface area contributed by atoms with Crippen LogP contribution in [0.4, 0.5) is 4.79 Å². The lowest BCUT2D eigenvalue weighted by atomic mass is 9.98. The van der Waals surface area contributed by atoms with E-state index in [1.54, 1.807) is 20.8 Å². The summed E-state index contributed by atoms with van der Waals surface area (Å²) in [6, 6.07) is 5.43. The van der Waals surface area contributed by atoms with Gasteiger partial charge in [0.15, 0.2) is 0 Å². The topological polar surface area (TPSA) is 120 Å². The maximum absolute atomic E-state index is 13.2. The fourth-order valence-corrected chi connectivity index (χ4v) is 4.23. The molecule has 0 spiro atoms. The van der Waals surface area contributed by atoms with Gasteiger partial charge in [-0.1, -0.05) is 18.6 Å². The second kappa shape index (κ2) is 14.4. The zero-order chi connectivity index (χ0) is 26.7. The molecular formula is C26H37IN2O7. The van der Waals surface area contributed by atoms with Gasteiger partial charge in [0, 0.05) is 16.4 Å². The molecule has 1 aliphatic carbocycles. The largest absolute Gasteiger partial charge is 0.467 e. The molecule has 1 aromatic rings. The van der Waals surface area contributed by atoms with Crippen LogP contribution in [0.5, 0.6) is 0 Å². The Balaban J connectivity index is 2.06. The number of amides is 2. The monoisotopic (exact) mass is 616 g/mol. The molecule has 2 N–H and O–H groups in total. The lowest BCUT2D eigenvalue weighted by molar-refractivity contribution is -0.151. The summed E-state index contributed by atoms with van der Waals surface area (Å²) in [5.41, 5.74) is 0.0682. The quantitative estimate of drug-likeness (QED) is 0.231. The van der Waals surface area contributed by atoms with Crippen LogP contribution in [0.25, 0.3) is 0 Å². The van der Waals surface area contributed by atoms with Gasteiger partial charge in [-0.3, -0.25) is 9.59 Å². The number of halogens is 1.